The van der Waals surface area contributed by atoms with Crippen LogP contribution in [0.3, 0.4) is 0 Å². The number of aromatic nitrogens is 3. The Balaban J connectivity index is 1.90. The number of carbonyl (C=O) groups is 1. The van der Waals surface area contributed by atoms with Gasteiger partial charge in [0.2, 0.25) is 6.79 Å². The summed E-state index contributed by atoms with van der Waals surface area (Å²) in [6, 6.07) is 3.65. The van der Waals surface area contributed by atoms with Crippen LogP contribution in [0.5, 0.6) is 17.2 Å². The van der Waals surface area contributed by atoms with Crippen LogP contribution in [0.4, 0.5) is 0 Å². The highest BCUT2D eigenvalue weighted by Crippen LogP contribution is 2.47. The maximum absolute atomic E-state index is 12.2. The van der Waals surface area contributed by atoms with Crippen LogP contribution in [0.1, 0.15) is 30.6 Å². The van der Waals surface area contributed by atoms with Gasteiger partial charge in [0.05, 0.1) is 24.3 Å². The molecule has 2 aromatic heterocycles. The molecule has 0 amide bonds. The summed E-state index contributed by atoms with van der Waals surface area (Å²) in [6.45, 7) is 4.77. The van der Waals surface area contributed by atoms with Gasteiger partial charge in [-0.05, 0) is 25.5 Å². The van der Waals surface area contributed by atoms with Crippen LogP contribution in [0, 0.1) is 0 Å². The molecular weight excluding hydrogens is 350 g/mol. The maximum Gasteiger partial charge on any atom is 0.341 e. The molecule has 1 aliphatic rings. The largest absolute Gasteiger partial charge is 0.493 e. The molecule has 8 nitrogen and oxygen atoms in total. The third kappa shape index (κ3) is 2.92. The van der Waals surface area contributed by atoms with Gasteiger partial charge in [-0.1, -0.05) is 6.92 Å². The van der Waals surface area contributed by atoms with Crippen molar-refractivity contribution in [2.45, 2.75) is 20.3 Å². The number of esters is 1. The zero-order valence-corrected chi connectivity index (χ0v) is 15.1. The molecular formula is C19H19N3O5. The summed E-state index contributed by atoms with van der Waals surface area (Å²) in [6.07, 6.45) is 3.85. The van der Waals surface area contributed by atoms with Gasteiger partial charge in [0.15, 0.2) is 11.5 Å². The summed E-state index contributed by atoms with van der Waals surface area (Å²) in [4.78, 5) is 24.0. The summed E-state index contributed by atoms with van der Waals surface area (Å²) in [5.74, 6) is 1.38. The van der Waals surface area contributed by atoms with Gasteiger partial charge in [0, 0.05) is 6.20 Å². The predicted molar refractivity (Wildman–Crippen MR) is 97.2 cm³/mol. The SMILES string of the molecule is CCCOc1ccc2c(c1-c1ncnc3c(C(=O)OCC)c[nH]c13)OCO2. The second-order valence-electron chi connectivity index (χ2n) is 5.89. The summed E-state index contributed by atoms with van der Waals surface area (Å²) in [5.41, 5.74) is 2.69. The van der Waals surface area contributed by atoms with E-state index in [4.69, 9.17) is 18.9 Å². The highest BCUT2D eigenvalue weighted by Gasteiger charge is 2.27. The van der Waals surface area contributed by atoms with E-state index in [2.05, 4.69) is 15.0 Å². The lowest BCUT2D eigenvalue weighted by atomic mass is 10.1. The molecule has 27 heavy (non-hydrogen) atoms. The van der Waals surface area contributed by atoms with Crippen molar-refractivity contribution in [3.8, 4) is 28.5 Å². The fraction of sp³-hybridized carbons (Fsp3) is 0.316. The van der Waals surface area contributed by atoms with Crippen molar-refractivity contribution < 1.29 is 23.7 Å². The van der Waals surface area contributed by atoms with E-state index in [0.29, 0.717) is 51.7 Å². The van der Waals surface area contributed by atoms with Crippen molar-refractivity contribution in [3.63, 3.8) is 0 Å². The lowest BCUT2D eigenvalue weighted by Gasteiger charge is -2.13. The van der Waals surface area contributed by atoms with E-state index in [1.807, 2.05) is 19.1 Å². The number of ether oxygens (including phenoxy) is 4. The van der Waals surface area contributed by atoms with E-state index in [9.17, 15) is 4.79 Å². The van der Waals surface area contributed by atoms with E-state index < -0.39 is 5.97 Å². The molecule has 0 saturated heterocycles. The highest BCUT2D eigenvalue weighted by molar-refractivity contribution is 6.06. The molecule has 0 unspecified atom stereocenters. The maximum atomic E-state index is 12.2. The molecule has 8 heteroatoms. The Hall–Kier alpha value is -3.29. The van der Waals surface area contributed by atoms with Gasteiger partial charge >= 0.3 is 5.97 Å². The molecule has 0 spiro atoms. The fourth-order valence-corrected chi connectivity index (χ4v) is 3.00. The second kappa shape index (κ2) is 7.14. The minimum absolute atomic E-state index is 0.132. The average Bonchev–Trinajstić information content (AvgIpc) is 3.32. The van der Waals surface area contributed by atoms with Crippen molar-refractivity contribution in [2.24, 2.45) is 0 Å². The van der Waals surface area contributed by atoms with Crippen LogP contribution < -0.4 is 14.2 Å². The number of nitrogens with one attached hydrogen (secondary N) is 1. The molecule has 3 heterocycles. The number of hydrogen-bond donors (Lipinski definition) is 1. The number of hydrogen-bond acceptors (Lipinski definition) is 7. The molecule has 140 valence electrons. The van der Waals surface area contributed by atoms with Crippen LogP contribution in [0.2, 0.25) is 0 Å². The third-order valence-electron chi connectivity index (χ3n) is 4.16. The molecule has 4 rings (SSSR count). The summed E-state index contributed by atoms with van der Waals surface area (Å²) in [5, 5.41) is 0. The smallest absolute Gasteiger partial charge is 0.341 e. The number of carbonyl (C=O) groups excluding carboxylic acids is 1. The fourth-order valence-electron chi connectivity index (χ4n) is 3.00. The molecule has 0 radical (unpaired) electrons. The zero-order valence-electron chi connectivity index (χ0n) is 15.1. The van der Waals surface area contributed by atoms with Crippen LogP contribution in [0.15, 0.2) is 24.7 Å². The topological polar surface area (TPSA) is 95.6 Å². The number of nitrogens with zero attached hydrogens (tertiary/aromatic N) is 2. The number of H-pyrrole nitrogens is 1. The lowest BCUT2D eigenvalue weighted by Crippen LogP contribution is -2.04. The van der Waals surface area contributed by atoms with Gasteiger partial charge < -0.3 is 23.9 Å². The van der Waals surface area contributed by atoms with Gasteiger partial charge in [-0.25, -0.2) is 14.8 Å². The van der Waals surface area contributed by atoms with Gasteiger partial charge in [0.25, 0.3) is 0 Å². The second-order valence-corrected chi connectivity index (χ2v) is 5.89. The lowest BCUT2D eigenvalue weighted by molar-refractivity contribution is 0.0528. The Labute approximate surface area is 155 Å². The molecule has 0 bridgehead atoms. The minimum Gasteiger partial charge on any atom is -0.493 e. The number of benzene rings is 1. The highest BCUT2D eigenvalue weighted by atomic mass is 16.7. The van der Waals surface area contributed by atoms with Crippen LogP contribution in [0.25, 0.3) is 22.3 Å². The molecule has 1 N–H and O–H groups in total. The molecule has 1 aromatic carbocycles. The quantitative estimate of drug-likeness (QED) is 0.666. The average molecular weight is 369 g/mol. The Morgan fingerprint density at radius 1 is 1.26 bits per heavy atom. The van der Waals surface area contributed by atoms with Crippen molar-refractivity contribution in [1.82, 2.24) is 15.0 Å². The van der Waals surface area contributed by atoms with Gasteiger partial charge in [0.1, 0.15) is 28.9 Å². The standard InChI is InChI=1S/C19H19N3O5/c1-3-7-25-12-5-6-13-18(27-10-26-13)14(12)16-17-15(21-9-22-16)11(8-20-17)19(23)24-4-2/h5-6,8-9,20H,3-4,7,10H2,1-2H3. The Bertz CT molecular complexity index is 998. The number of rotatable bonds is 6. The van der Waals surface area contributed by atoms with E-state index in [1.165, 1.54) is 6.33 Å². The molecule has 1 aliphatic heterocycles. The zero-order chi connectivity index (χ0) is 18.8. The molecule has 0 aliphatic carbocycles. The monoisotopic (exact) mass is 369 g/mol. The van der Waals surface area contributed by atoms with Gasteiger partial charge in [-0.3, -0.25) is 0 Å². The summed E-state index contributed by atoms with van der Waals surface area (Å²) >= 11 is 0. The van der Waals surface area contributed by atoms with Crippen LogP contribution in [-0.2, 0) is 4.74 Å². The Morgan fingerprint density at radius 3 is 2.96 bits per heavy atom. The molecule has 0 fully saturated rings. The first-order valence-electron chi connectivity index (χ1n) is 8.79. The number of aromatic amines is 1. The van der Waals surface area contributed by atoms with E-state index >= 15 is 0 Å². The normalized spacial score (nSPS) is 12.4. The Kier molecular flexibility index (Phi) is 4.53. The van der Waals surface area contributed by atoms with E-state index in [1.54, 1.807) is 13.1 Å². The van der Waals surface area contributed by atoms with Crippen LogP contribution >= 0.6 is 0 Å². The van der Waals surface area contributed by atoms with Crippen molar-refractivity contribution >= 4 is 17.0 Å². The van der Waals surface area contributed by atoms with E-state index in [0.717, 1.165) is 6.42 Å². The van der Waals surface area contributed by atoms with Crippen molar-refractivity contribution in [2.75, 3.05) is 20.0 Å². The van der Waals surface area contributed by atoms with Crippen molar-refractivity contribution in [3.05, 3.63) is 30.2 Å². The van der Waals surface area contributed by atoms with E-state index in [-0.39, 0.29) is 13.4 Å². The number of fused-ring (bicyclic) bond motifs is 2. The van der Waals surface area contributed by atoms with Gasteiger partial charge in [-0.15, -0.1) is 0 Å². The van der Waals surface area contributed by atoms with Gasteiger partial charge in [-0.2, -0.15) is 0 Å². The Morgan fingerprint density at radius 2 is 2.15 bits per heavy atom. The molecule has 0 saturated carbocycles. The first-order valence-corrected chi connectivity index (χ1v) is 8.79. The van der Waals surface area contributed by atoms with Crippen LogP contribution in [-0.4, -0.2) is 40.9 Å². The van der Waals surface area contributed by atoms with Crippen molar-refractivity contribution in [1.29, 1.82) is 0 Å². The third-order valence-corrected chi connectivity index (χ3v) is 4.16. The first-order chi connectivity index (χ1) is 13.2. The first kappa shape index (κ1) is 17.1. The molecule has 0 atom stereocenters. The summed E-state index contributed by atoms with van der Waals surface area (Å²) < 4.78 is 22.2. The molecule has 3 aromatic rings. The predicted octanol–water partition coefficient (Wildman–Crippen LogP) is 3.32. The summed E-state index contributed by atoms with van der Waals surface area (Å²) in [7, 11) is 0. The minimum atomic E-state index is -0.436.